The Morgan fingerprint density at radius 3 is 1.76 bits per heavy atom. The summed E-state index contributed by atoms with van der Waals surface area (Å²) in [5.41, 5.74) is 1.80. The van der Waals surface area contributed by atoms with Gasteiger partial charge in [0, 0.05) is 20.1 Å². The van der Waals surface area contributed by atoms with E-state index in [2.05, 4.69) is 46.8 Å². The van der Waals surface area contributed by atoms with Gasteiger partial charge in [0.25, 0.3) is 0 Å². The molecule has 4 rings (SSSR count). The van der Waals surface area contributed by atoms with E-state index in [1.807, 2.05) is 48.5 Å². The zero-order valence-electron chi connectivity index (χ0n) is 13.0. The predicted octanol–water partition coefficient (Wildman–Crippen LogP) is 4.51. The van der Waals surface area contributed by atoms with Gasteiger partial charge in [-0.25, -0.2) is 4.98 Å². The lowest BCUT2D eigenvalue weighted by atomic mass is 10.2. The molecule has 0 saturated carbocycles. The summed E-state index contributed by atoms with van der Waals surface area (Å²) in [4.78, 5) is 13.5. The molecule has 7 heteroatoms. The van der Waals surface area contributed by atoms with Crippen LogP contribution >= 0.6 is 31.9 Å². The molecule has 0 amide bonds. The zero-order chi connectivity index (χ0) is 17.2. The molecule has 0 bridgehead atoms. The first-order valence-corrected chi connectivity index (χ1v) is 9.28. The monoisotopic (exact) mass is 461 g/mol. The minimum Gasteiger partial charge on any atom is -0.460 e. The lowest BCUT2D eigenvalue weighted by molar-refractivity contribution is 0.246. The summed E-state index contributed by atoms with van der Waals surface area (Å²) in [6.07, 6.45) is 0.143. The number of rotatable bonds is 5. The molecule has 1 aliphatic heterocycles. The van der Waals surface area contributed by atoms with E-state index in [9.17, 15) is 0 Å². The molecule has 0 N–H and O–H groups in total. The van der Waals surface area contributed by atoms with E-state index >= 15 is 0 Å². The second-order valence-corrected chi connectivity index (χ2v) is 7.38. The molecule has 126 valence electrons. The molecule has 1 aliphatic rings. The highest BCUT2D eigenvalue weighted by Crippen LogP contribution is 2.25. The number of epoxide rings is 1. The van der Waals surface area contributed by atoms with Crippen LogP contribution < -0.4 is 4.74 Å². The fourth-order valence-electron chi connectivity index (χ4n) is 2.21. The minimum atomic E-state index is 0.143. The summed E-state index contributed by atoms with van der Waals surface area (Å²) in [5, 5.41) is 0. The van der Waals surface area contributed by atoms with Crippen LogP contribution in [-0.4, -0.2) is 34.3 Å². The van der Waals surface area contributed by atoms with E-state index in [-0.39, 0.29) is 6.10 Å². The highest BCUT2D eigenvalue weighted by atomic mass is 79.9. The van der Waals surface area contributed by atoms with Gasteiger partial charge in [0.2, 0.25) is 0 Å². The van der Waals surface area contributed by atoms with E-state index in [0.717, 1.165) is 26.7 Å². The van der Waals surface area contributed by atoms with Gasteiger partial charge >= 0.3 is 6.01 Å². The molecule has 2 heterocycles. The molecule has 1 unspecified atom stereocenters. The molecule has 3 aromatic rings. The Morgan fingerprint density at radius 2 is 1.32 bits per heavy atom. The summed E-state index contributed by atoms with van der Waals surface area (Å²) in [7, 11) is 0. The first kappa shape index (κ1) is 16.6. The van der Waals surface area contributed by atoms with Crippen LogP contribution in [0.2, 0.25) is 0 Å². The topological polar surface area (TPSA) is 60.4 Å². The van der Waals surface area contributed by atoms with Crippen molar-refractivity contribution in [3.8, 4) is 28.8 Å². The van der Waals surface area contributed by atoms with Gasteiger partial charge < -0.3 is 9.47 Å². The quantitative estimate of drug-likeness (QED) is 0.522. The summed E-state index contributed by atoms with van der Waals surface area (Å²) in [5.74, 6) is 1.15. The first-order chi connectivity index (χ1) is 12.2. The van der Waals surface area contributed by atoms with Crippen molar-refractivity contribution in [1.82, 2.24) is 15.0 Å². The van der Waals surface area contributed by atoms with Crippen molar-refractivity contribution in [3.05, 3.63) is 57.5 Å². The molecule has 1 saturated heterocycles. The Bertz CT molecular complexity index is 818. The van der Waals surface area contributed by atoms with Crippen molar-refractivity contribution < 1.29 is 9.47 Å². The van der Waals surface area contributed by atoms with Crippen LogP contribution in [0.1, 0.15) is 0 Å². The highest BCUT2D eigenvalue weighted by molar-refractivity contribution is 9.10. The Hall–Kier alpha value is -1.83. The summed E-state index contributed by atoms with van der Waals surface area (Å²) < 4.78 is 12.9. The lowest BCUT2D eigenvalue weighted by Crippen LogP contribution is -2.08. The SMILES string of the molecule is Brc1ccc(-c2nc(OCC3CO3)nc(-c3ccc(Br)cc3)n2)cc1. The molecule has 0 spiro atoms. The maximum absolute atomic E-state index is 5.70. The van der Waals surface area contributed by atoms with Gasteiger partial charge in [-0.15, -0.1) is 0 Å². The molecule has 5 nitrogen and oxygen atoms in total. The van der Waals surface area contributed by atoms with Crippen molar-refractivity contribution >= 4 is 31.9 Å². The van der Waals surface area contributed by atoms with Gasteiger partial charge in [-0.05, 0) is 24.3 Å². The Labute approximate surface area is 161 Å². The van der Waals surface area contributed by atoms with Gasteiger partial charge in [-0.1, -0.05) is 56.1 Å². The van der Waals surface area contributed by atoms with E-state index in [4.69, 9.17) is 9.47 Å². The van der Waals surface area contributed by atoms with Crippen LogP contribution in [0.4, 0.5) is 0 Å². The van der Waals surface area contributed by atoms with Crippen molar-refractivity contribution in [3.63, 3.8) is 0 Å². The lowest BCUT2D eigenvalue weighted by Gasteiger charge is -2.08. The van der Waals surface area contributed by atoms with E-state index in [1.165, 1.54) is 0 Å². The fraction of sp³-hybridized carbons (Fsp3) is 0.167. The average molecular weight is 463 g/mol. The molecule has 0 radical (unpaired) electrons. The minimum absolute atomic E-state index is 0.143. The second-order valence-electron chi connectivity index (χ2n) is 5.55. The fourth-order valence-corrected chi connectivity index (χ4v) is 2.74. The number of benzene rings is 2. The zero-order valence-corrected chi connectivity index (χ0v) is 16.2. The first-order valence-electron chi connectivity index (χ1n) is 7.70. The number of aromatic nitrogens is 3. The van der Waals surface area contributed by atoms with Crippen LogP contribution in [0.15, 0.2) is 57.5 Å². The Morgan fingerprint density at radius 1 is 0.840 bits per heavy atom. The van der Waals surface area contributed by atoms with Gasteiger partial charge in [0.15, 0.2) is 11.6 Å². The molecule has 0 aliphatic carbocycles. The highest BCUT2D eigenvalue weighted by Gasteiger charge is 2.24. The number of hydrogen-bond donors (Lipinski definition) is 0. The smallest absolute Gasteiger partial charge is 0.320 e. The average Bonchev–Trinajstić information content (AvgIpc) is 3.45. The van der Waals surface area contributed by atoms with Crippen LogP contribution in [-0.2, 0) is 4.74 Å². The summed E-state index contributed by atoms with van der Waals surface area (Å²) in [6.45, 7) is 1.17. The van der Waals surface area contributed by atoms with Crippen molar-refractivity contribution in [2.45, 2.75) is 6.10 Å². The molecule has 25 heavy (non-hydrogen) atoms. The van der Waals surface area contributed by atoms with Crippen molar-refractivity contribution in [1.29, 1.82) is 0 Å². The van der Waals surface area contributed by atoms with Crippen molar-refractivity contribution in [2.75, 3.05) is 13.2 Å². The molecule has 1 aromatic heterocycles. The van der Waals surface area contributed by atoms with Gasteiger partial charge in [-0.3, -0.25) is 0 Å². The largest absolute Gasteiger partial charge is 0.460 e. The maximum atomic E-state index is 5.70. The van der Waals surface area contributed by atoms with Crippen LogP contribution in [0.3, 0.4) is 0 Å². The predicted molar refractivity (Wildman–Crippen MR) is 101 cm³/mol. The third-order valence-corrected chi connectivity index (χ3v) is 4.68. The number of nitrogens with zero attached hydrogens (tertiary/aromatic N) is 3. The number of hydrogen-bond acceptors (Lipinski definition) is 5. The molecule has 2 aromatic carbocycles. The van der Waals surface area contributed by atoms with Crippen LogP contribution in [0, 0.1) is 0 Å². The number of halogens is 2. The van der Waals surface area contributed by atoms with Gasteiger partial charge in [0.1, 0.15) is 12.7 Å². The normalized spacial score (nSPS) is 15.8. The second kappa shape index (κ2) is 7.19. The van der Waals surface area contributed by atoms with Crippen molar-refractivity contribution in [2.24, 2.45) is 0 Å². The molecule has 1 fully saturated rings. The Balaban J connectivity index is 1.73. The molecular weight excluding hydrogens is 450 g/mol. The standard InChI is InChI=1S/C18H13Br2N3O2/c19-13-5-1-11(2-6-13)16-21-17(12-3-7-14(20)8-4-12)23-18(22-16)25-10-15-9-24-15/h1-8,15H,9-10H2. The third kappa shape index (κ3) is 4.23. The van der Waals surface area contributed by atoms with E-state index < -0.39 is 0 Å². The number of ether oxygens (including phenoxy) is 2. The summed E-state index contributed by atoms with van der Waals surface area (Å²) >= 11 is 6.88. The van der Waals surface area contributed by atoms with Crippen LogP contribution in [0.5, 0.6) is 6.01 Å². The molecular formula is C18H13Br2N3O2. The third-order valence-electron chi connectivity index (χ3n) is 3.62. The van der Waals surface area contributed by atoms with E-state index in [1.54, 1.807) is 0 Å². The maximum Gasteiger partial charge on any atom is 0.320 e. The van der Waals surface area contributed by atoms with Gasteiger partial charge in [0.05, 0.1) is 6.61 Å². The summed E-state index contributed by atoms with van der Waals surface area (Å²) in [6, 6.07) is 16.0. The molecule has 1 atom stereocenters. The van der Waals surface area contributed by atoms with Gasteiger partial charge in [-0.2, -0.15) is 9.97 Å². The van der Waals surface area contributed by atoms with E-state index in [0.29, 0.717) is 24.3 Å². The Kier molecular flexibility index (Phi) is 4.78. The van der Waals surface area contributed by atoms with Crippen LogP contribution in [0.25, 0.3) is 22.8 Å².